The van der Waals surface area contributed by atoms with Crippen LogP contribution in [0.3, 0.4) is 0 Å². The van der Waals surface area contributed by atoms with Crippen molar-refractivity contribution in [2.24, 2.45) is 7.05 Å². The maximum Gasteiger partial charge on any atom is 0.239 e. The van der Waals surface area contributed by atoms with Gasteiger partial charge in [0.1, 0.15) is 11.6 Å². The molecule has 168 valence electrons. The number of imidazole rings is 1. The molecule has 10 heteroatoms. The van der Waals surface area contributed by atoms with Gasteiger partial charge in [-0.15, -0.1) is 24.8 Å². The monoisotopic (exact) mass is 465 g/mol. The summed E-state index contributed by atoms with van der Waals surface area (Å²) in [7, 11) is 1.98. The minimum Gasteiger partial charge on any atom is -0.337 e. The van der Waals surface area contributed by atoms with E-state index in [1.54, 1.807) is 10.9 Å². The highest BCUT2D eigenvalue weighted by Gasteiger charge is 2.28. The minimum absolute atomic E-state index is 0. The molecule has 1 fully saturated rings. The number of nitrogens with zero attached hydrogens (tertiary/aromatic N) is 5. The third-order valence-corrected chi connectivity index (χ3v) is 5.24. The SMILES string of the molecule is Cc1ccc(-n2nc(C)cc2NC(=O)CN2CCNCC2c2nccn2C)cc1.Cl.Cl. The fourth-order valence-corrected chi connectivity index (χ4v) is 3.73. The minimum atomic E-state index is -0.0561. The molecule has 2 aromatic heterocycles. The number of rotatable bonds is 5. The van der Waals surface area contributed by atoms with Gasteiger partial charge >= 0.3 is 0 Å². The Morgan fingerprint density at radius 1 is 1.23 bits per heavy atom. The summed E-state index contributed by atoms with van der Waals surface area (Å²) in [6.45, 7) is 6.70. The van der Waals surface area contributed by atoms with Crippen molar-refractivity contribution in [3.63, 3.8) is 0 Å². The van der Waals surface area contributed by atoms with Gasteiger partial charge in [0.25, 0.3) is 0 Å². The van der Waals surface area contributed by atoms with Gasteiger partial charge in [-0.2, -0.15) is 5.10 Å². The molecular formula is C21H29Cl2N7O. The summed E-state index contributed by atoms with van der Waals surface area (Å²) in [6, 6.07) is 10.0. The Balaban J connectivity index is 0.00000171. The lowest BCUT2D eigenvalue weighted by atomic mass is 10.1. The van der Waals surface area contributed by atoms with Crippen LogP contribution in [0.25, 0.3) is 5.69 Å². The first-order chi connectivity index (χ1) is 14.0. The molecule has 1 unspecified atom stereocenters. The summed E-state index contributed by atoms with van der Waals surface area (Å²) >= 11 is 0. The molecule has 0 aliphatic carbocycles. The molecule has 1 atom stereocenters. The Labute approximate surface area is 194 Å². The summed E-state index contributed by atoms with van der Waals surface area (Å²) in [5, 5.41) is 11.0. The van der Waals surface area contributed by atoms with Crippen molar-refractivity contribution in [3.8, 4) is 5.69 Å². The van der Waals surface area contributed by atoms with Gasteiger partial charge in [-0.05, 0) is 26.0 Å². The van der Waals surface area contributed by atoms with Gasteiger partial charge < -0.3 is 15.2 Å². The fourth-order valence-electron chi connectivity index (χ4n) is 3.73. The lowest BCUT2D eigenvalue weighted by Crippen LogP contribution is -2.49. The third kappa shape index (κ3) is 5.65. The molecule has 3 heterocycles. The van der Waals surface area contributed by atoms with Crippen molar-refractivity contribution in [1.82, 2.24) is 29.5 Å². The smallest absolute Gasteiger partial charge is 0.239 e. The third-order valence-electron chi connectivity index (χ3n) is 5.24. The lowest BCUT2D eigenvalue weighted by Gasteiger charge is -2.35. The number of carbonyl (C=O) groups is 1. The summed E-state index contributed by atoms with van der Waals surface area (Å²) in [5.41, 5.74) is 2.96. The van der Waals surface area contributed by atoms with Crippen LogP contribution >= 0.6 is 24.8 Å². The first-order valence-electron chi connectivity index (χ1n) is 9.87. The molecule has 1 aliphatic rings. The number of halogens is 2. The van der Waals surface area contributed by atoms with E-state index in [1.165, 1.54) is 5.56 Å². The molecule has 1 saturated heterocycles. The number of amides is 1. The van der Waals surface area contributed by atoms with Crippen molar-refractivity contribution >= 4 is 36.5 Å². The fraction of sp³-hybridized carbons (Fsp3) is 0.381. The van der Waals surface area contributed by atoms with Crippen LogP contribution in [0.4, 0.5) is 5.82 Å². The number of aryl methyl sites for hydroxylation is 3. The van der Waals surface area contributed by atoms with Gasteiger partial charge in [0.2, 0.25) is 5.91 Å². The molecule has 4 rings (SSSR count). The number of carbonyl (C=O) groups excluding carboxylic acids is 1. The molecular weight excluding hydrogens is 437 g/mol. The highest BCUT2D eigenvalue weighted by molar-refractivity contribution is 5.91. The predicted molar refractivity (Wildman–Crippen MR) is 127 cm³/mol. The maximum atomic E-state index is 12.9. The van der Waals surface area contributed by atoms with Crippen molar-refractivity contribution in [2.45, 2.75) is 19.9 Å². The van der Waals surface area contributed by atoms with E-state index in [1.807, 2.05) is 62.0 Å². The zero-order valence-corrected chi connectivity index (χ0v) is 19.5. The highest BCUT2D eigenvalue weighted by atomic mass is 35.5. The Hall–Kier alpha value is -2.39. The van der Waals surface area contributed by atoms with Crippen LogP contribution in [0.2, 0.25) is 0 Å². The molecule has 0 spiro atoms. The number of nitrogens with one attached hydrogen (secondary N) is 2. The topological polar surface area (TPSA) is 80.0 Å². The van der Waals surface area contributed by atoms with Crippen molar-refractivity contribution < 1.29 is 4.79 Å². The van der Waals surface area contributed by atoms with Crippen LogP contribution in [0, 0.1) is 13.8 Å². The Kier molecular flexibility index (Phi) is 8.64. The quantitative estimate of drug-likeness (QED) is 0.605. The molecule has 1 aromatic carbocycles. The van der Waals surface area contributed by atoms with E-state index in [0.717, 1.165) is 36.8 Å². The van der Waals surface area contributed by atoms with Gasteiger partial charge in [0.15, 0.2) is 0 Å². The summed E-state index contributed by atoms with van der Waals surface area (Å²) in [5.74, 6) is 1.59. The van der Waals surface area contributed by atoms with Crippen molar-refractivity contribution in [3.05, 3.63) is 59.8 Å². The molecule has 2 N–H and O–H groups in total. The van der Waals surface area contributed by atoms with E-state index >= 15 is 0 Å². The van der Waals surface area contributed by atoms with Gasteiger partial charge in [-0.3, -0.25) is 9.69 Å². The van der Waals surface area contributed by atoms with Crippen LogP contribution < -0.4 is 10.6 Å². The van der Waals surface area contributed by atoms with Crippen LogP contribution in [-0.2, 0) is 11.8 Å². The Morgan fingerprint density at radius 3 is 2.65 bits per heavy atom. The van der Waals surface area contributed by atoms with E-state index in [9.17, 15) is 4.79 Å². The molecule has 1 amide bonds. The average molecular weight is 466 g/mol. The lowest BCUT2D eigenvalue weighted by molar-refractivity contribution is -0.118. The van der Waals surface area contributed by atoms with Gasteiger partial charge in [0.05, 0.1) is 24.0 Å². The van der Waals surface area contributed by atoms with E-state index < -0.39 is 0 Å². The van der Waals surface area contributed by atoms with E-state index in [-0.39, 0.29) is 36.8 Å². The normalized spacial score (nSPS) is 16.3. The molecule has 8 nitrogen and oxygen atoms in total. The van der Waals surface area contributed by atoms with E-state index in [2.05, 4.69) is 25.6 Å². The standard InChI is InChI=1S/C21H27N7O.2ClH/c1-15-4-6-17(7-5-15)28-19(12-16(2)25-28)24-20(29)14-27-11-8-22-13-18(27)21-23-9-10-26(21)3;;/h4-7,9-10,12,18,22H,8,11,13-14H2,1-3H3,(H,24,29);2*1H. The molecule has 3 aromatic rings. The molecule has 0 bridgehead atoms. The van der Waals surface area contributed by atoms with Gasteiger partial charge in [-0.1, -0.05) is 17.7 Å². The second-order valence-electron chi connectivity index (χ2n) is 7.55. The molecule has 1 aliphatic heterocycles. The molecule has 31 heavy (non-hydrogen) atoms. The summed E-state index contributed by atoms with van der Waals surface area (Å²) in [6.07, 6.45) is 3.73. The highest BCUT2D eigenvalue weighted by Crippen LogP contribution is 2.21. The number of anilines is 1. The average Bonchev–Trinajstić information content (AvgIpc) is 3.28. The Bertz CT molecular complexity index is 1000. The van der Waals surface area contributed by atoms with E-state index in [0.29, 0.717) is 12.4 Å². The summed E-state index contributed by atoms with van der Waals surface area (Å²) < 4.78 is 3.79. The number of hydrogen-bond acceptors (Lipinski definition) is 5. The number of hydrogen-bond donors (Lipinski definition) is 2. The second kappa shape index (κ2) is 10.8. The zero-order chi connectivity index (χ0) is 20.4. The molecule has 0 saturated carbocycles. The van der Waals surface area contributed by atoms with Crippen LogP contribution in [0.15, 0.2) is 42.7 Å². The zero-order valence-electron chi connectivity index (χ0n) is 17.9. The van der Waals surface area contributed by atoms with E-state index in [4.69, 9.17) is 0 Å². The van der Waals surface area contributed by atoms with Crippen molar-refractivity contribution in [1.29, 1.82) is 0 Å². The number of aromatic nitrogens is 4. The first kappa shape index (κ1) is 24.9. The second-order valence-corrected chi connectivity index (χ2v) is 7.55. The number of piperazine rings is 1. The van der Waals surface area contributed by atoms with Gasteiger partial charge in [0, 0.05) is 45.1 Å². The van der Waals surface area contributed by atoms with Gasteiger partial charge in [-0.25, -0.2) is 9.67 Å². The largest absolute Gasteiger partial charge is 0.337 e. The molecule has 0 radical (unpaired) electrons. The van der Waals surface area contributed by atoms with Crippen LogP contribution in [-0.4, -0.2) is 56.3 Å². The van der Waals surface area contributed by atoms with Crippen LogP contribution in [0.5, 0.6) is 0 Å². The van der Waals surface area contributed by atoms with Crippen molar-refractivity contribution in [2.75, 3.05) is 31.5 Å². The van der Waals surface area contributed by atoms with Crippen LogP contribution in [0.1, 0.15) is 23.1 Å². The predicted octanol–water partition coefficient (Wildman–Crippen LogP) is 2.65. The summed E-state index contributed by atoms with van der Waals surface area (Å²) in [4.78, 5) is 19.5. The maximum absolute atomic E-state index is 12.9. The number of benzene rings is 1. The Morgan fingerprint density at radius 2 is 1.97 bits per heavy atom. The first-order valence-corrected chi connectivity index (χ1v) is 9.87.